The first-order valence-electron chi connectivity index (χ1n) is 11.5. The second-order valence-corrected chi connectivity index (χ2v) is 8.55. The van der Waals surface area contributed by atoms with Crippen LogP contribution in [0.25, 0.3) is 10.8 Å². The molecule has 2 aromatic carbocycles. The number of nitrogens with zero attached hydrogens (tertiary/aromatic N) is 1. The summed E-state index contributed by atoms with van der Waals surface area (Å²) in [5, 5.41) is 2.42. The second-order valence-electron chi connectivity index (χ2n) is 8.55. The number of hydrogen-bond acceptors (Lipinski definition) is 2. The van der Waals surface area contributed by atoms with E-state index in [-0.39, 0.29) is 24.4 Å². The van der Waals surface area contributed by atoms with Crippen LogP contribution in [0, 0.1) is 0 Å². The maximum atomic E-state index is 13.9. The van der Waals surface area contributed by atoms with E-state index >= 15 is 0 Å². The first-order chi connectivity index (χ1) is 14.9. The molecule has 0 aliphatic carbocycles. The second kappa shape index (κ2) is 11.0. The predicted molar refractivity (Wildman–Crippen MR) is 119 cm³/mol. The molecule has 1 aliphatic heterocycles. The van der Waals surface area contributed by atoms with Gasteiger partial charge in [-0.2, -0.15) is 13.2 Å². The van der Waals surface area contributed by atoms with Crippen LogP contribution in [0.4, 0.5) is 13.2 Å². The zero-order chi connectivity index (χ0) is 22.3. The fraction of sp³-hybridized carbons (Fsp3) is 0.560. The van der Waals surface area contributed by atoms with Gasteiger partial charge < -0.3 is 0 Å². The Kier molecular flexibility index (Phi) is 8.35. The summed E-state index contributed by atoms with van der Waals surface area (Å²) in [5.41, 5.74) is 3.71. The molecule has 3 nitrogen and oxygen atoms in total. The summed E-state index contributed by atoms with van der Waals surface area (Å²) in [4.78, 5) is 11.5. The predicted octanol–water partition coefficient (Wildman–Crippen LogP) is 6.86. The van der Waals surface area contributed by atoms with Crippen LogP contribution in [0.15, 0.2) is 36.4 Å². The Morgan fingerprint density at radius 2 is 1.71 bits per heavy atom. The first kappa shape index (κ1) is 23.6. The average Bonchev–Trinajstić information content (AvgIpc) is 3.14. The van der Waals surface area contributed by atoms with Crippen molar-refractivity contribution in [1.29, 1.82) is 0 Å². The van der Waals surface area contributed by atoms with E-state index in [1.54, 1.807) is 12.1 Å². The van der Waals surface area contributed by atoms with Crippen LogP contribution in [0.5, 0.6) is 0 Å². The van der Waals surface area contributed by atoms with Gasteiger partial charge in [0.2, 0.25) is 5.91 Å². The van der Waals surface area contributed by atoms with Gasteiger partial charge in [-0.3, -0.25) is 10.2 Å². The number of halogens is 3. The molecule has 31 heavy (non-hydrogen) atoms. The number of carbonyl (C=O) groups is 1. The number of rotatable bonds is 11. The smallest absolute Gasteiger partial charge is 0.288 e. The van der Waals surface area contributed by atoms with Crippen molar-refractivity contribution in [2.45, 2.75) is 83.4 Å². The third-order valence-corrected chi connectivity index (χ3v) is 6.06. The van der Waals surface area contributed by atoms with Crippen molar-refractivity contribution >= 4 is 16.7 Å². The third kappa shape index (κ3) is 6.45. The van der Waals surface area contributed by atoms with Crippen LogP contribution in [0.3, 0.4) is 0 Å². The normalized spacial score (nSPS) is 16.1. The molecule has 0 saturated carbocycles. The Bertz CT molecular complexity index is 865. The highest BCUT2D eigenvalue weighted by Gasteiger charge is 2.47. The Hall–Kier alpha value is -2.08. The molecule has 3 rings (SSSR count). The van der Waals surface area contributed by atoms with E-state index in [2.05, 4.69) is 12.3 Å². The largest absolute Gasteiger partial charge is 0.409 e. The van der Waals surface area contributed by atoms with Gasteiger partial charge in [-0.15, -0.1) is 0 Å². The standard InChI is InChI=1S/C25H33F3N2O/c1-2-3-4-5-6-7-8-9-11-19-14-15-21-20(18-19)12-10-13-22(21)24(25(26,27)28)30-17-16-23(31)29-30/h10,12-15,18,24H,2-9,11,16-17H2,1H3,(H,29,31)/t24-/m0/s1. The number of carbonyl (C=O) groups excluding carboxylic acids is 1. The summed E-state index contributed by atoms with van der Waals surface area (Å²) in [6, 6.07) is 8.98. The SMILES string of the molecule is CCCCCCCCCCc1ccc2c([C@H](N3CCC(=O)N3)C(F)(F)F)cccc2c1. The number of fused-ring (bicyclic) bond motifs is 1. The minimum absolute atomic E-state index is 0.0515. The van der Waals surface area contributed by atoms with E-state index in [0.29, 0.717) is 5.39 Å². The summed E-state index contributed by atoms with van der Waals surface area (Å²) in [6.07, 6.45) is 6.58. The lowest BCUT2D eigenvalue weighted by Gasteiger charge is -2.30. The maximum Gasteiger partial charge on any atom is 0.409 e. The molecule has 0 radical (unpaired) electrons. The lowest BCUT2D eigenvalue weighted by molar-refractivity contribution is -0.190. The molecule has 0 spiro atoms. The lowest BCUT2D eigenvalue weighted by atomic mass is 9.95. The summed E-state index contributed by atoms with van der Waals surface area (Å²) >= 11 is 0. The van der Waals surface area contributed by atoms with Gasteiger partial charge in [-0.1, -0.05) is 88.3 Å². The van der Waals surface area contributed by atoms with Crippen LogP contribution < -0.4 is 5.43 Å². The number of amides is 1. The molecule has 1 atom stereocenters. The van der Waals surface area contributed by atoms with Crippen LogP contribution in [-0.2, 0) is 11.2 Å². The minimum Gasteiger partial charge on any atom is -0.288 e. The molecule has 1 aliphatic rings. The first-order valence-corrected chi connectivity index (χ1v) is 11.5. The fourth-order valence-corrected chi connectivity index (χ4v) is 4.42. The van der Waals surface area contributed by atoms with E-state index in [9.17, 15) is 18.0 Å². The van der Waals surface area contributed by atoms with Crippen molar-refractivity contribution in [3.05, 3.63) is 47.5 Å². The third-order valence-electron chi connectivity index (χ3n) is 6.06. The highest BCUT2D eigenvalue weighted by molar-refractivity contribution is 5.87. The number of benzene rings is 2. The number of aryl methyl sites for hydroxylation is 1. The van der Waals surface area contributed by atoms with Crippen molar-refractivity contribution in [3.63, 3.8) is 0 Å². The van der Waals surface area contributed by atoms with Gasteiger partial charge in [0.05, 0.1) is 0 Å². The van der Waals surface area contributed by atoms with Gasteiger partial charge in [-0.25, -0.2) is 5.01 Å². The monoisotopic (exact) mass is 434 g/mol. The summed E-state index contributed by atoms with van der Waals surface area (Å²) in [5.74, 6) is -0.373. The van der Waals surface area contributed by atoms with Crippen LogP contribution in [-0.4, -0.2) is 23.6 Å². The molecule has 1 amide bonds. The van der Waals surface area contributed by atoms with Crippen LogP contribution in [0.1, 0.15) is 81.9 Å². The molecule has 0 bridgehead atoms. The Balaban J connectivity index is 1.67. The topological polar surface area (TPSA) is 32.3 Å². The number of unbranched alkanes of at least 4 members (excludes halogenated alkanes) is 7. The minimum atomic E-state index is -4.48. The molecule has 0 unspecified atom stereocenters. The van der Waals surface area contributed by atoms with Crippen molar-refractivity contribution in [2.24, 2.45) is 0 Å². The van der Waals surface area contributed by atoms with Gasteiger partial charge in [0.15, 0.2) is 6.04 Å². The van der Waals surface area contributed by atoms with E-state index in [1.165, 1.54) is 51.0 Å². The quantitative estimate of drug-likeness (QED) is 0.392. The van der Waals surface area contributed by atoms with Crippen molar-refractivity contribution in [3.8, 4) is 0 Å². The molecule has 6 heteroatoms. The van der Waals surface area contributed by atoms with Crippen molar-refractivity contribution in [2.75, 3.05) is 6.54 Å². The fourth-order valence-electron chi connectivity index (χ4n) is 4.42. The van der Waals surface area contributed by atoms with E-state index < -0.39 is 12.2 Å². The zero-order valence-corrected chi connectivity index (χ0v) is 18.3. The molecular weight excluding hydrogens is 401 g/mol. The van der Waals surface area contributed by atoms with E-state index in [4.69, 9.17) is 0 Å². The summed E-state index contributed by atoms with van der Waals surface area (Å²) < 4.78 is 41.8. The van der Waals surface area contributed by atoms with Crippen LogP contribution in [0.2, 0.25) is 0 Å². The summed E-state index contributed by atoms with van der Waals surface area (Å²) in [6.45, 7) is 2.27. The molecule has 170 valence electrons. The van der Waals surface area contributed by atoms with Gasteiger partial charge in [0.25, 0.3) is 0 Å². The zero-order valence-electron chi connectivity index (χ0n) is 18.3. The van der Waals surface area contributed by atoms with Gasteiger partial charge in [-0.05, 0) is 34.7 Å². The van der Waals surface area contributed by atoms with Crippen molar-refractivity contribution in [1.82, 2.24) is 10.4 Å². The maximum absolute atomic E-state index is 13.9. The van der Waals surface area contributed by atoms with Gasteiger partial charge >= 0.3 is 6.18 Å². The van der Waals surface area contributed by atoms with Crippen LogP contribution >= 0.6 is 0 Å². The summed E-state index contributed by atoms with van der Waals surface area (Å²) in [7, 11) is 0. The highest BCUT2D eigenvalue weighted by Crippen LogP contribution is 2.40. The van der Waals surface area contributed by atoms with Gasteiger partial charge in [0, 0.05) is 13.0 Å². The van der Waals surface area contributed by atoms with E-state index in [1.807, 2.05) is 18.2 Å². The highest BCUT2D eigenvalue weighted by atomic mass is 19.4. The molecule has 1 N–H and O–H groups in total. The number of hydrazine groups is 1. The Labute approximate surface area is 183 Å². The molecule has 1 fully saturated rings. The molecule has 2 aromatic rings. The Morgan fingerprint density at radius 1 is 1.00 bits per heavy atom. The number of alkyl halides is 3. The molecule has 0 aromatic heterocycles. The van der Waals surface area contributed by atoms with E-state index in [0.717, 1.165) is 28.8 Å². The molecule has 1 heterocycles. The molecular formula is C25H33F3N2O. The number of hydrogen-bond donors (Lipinski definition) is 1. The average molecular weight is 435 g/mol. The van der Waals surface area contributed by atoms with Crippen molar-refractivity contribution < 1.29 is 18.0 Å². The lowest BCUT2D eigenvalue weighted by Crippen LogP contribution is -2.43. The number of nitrogens with one attached hydrogen (secondary N) is 1. The molecule has 1 saturated heterocycles. The Morgan fingerprint density at radius 3 is 2.35 bits per heavy atom. The van der Waals surface area contributed by atoms with Gasteiger partial charge in [0.1, 0.15) is 0 Å².